The topological polar surface area (TPSA) is 18.5 Å². The van der Waals surface area contributed by atoms with Crippen LogP contribution in [0.3, 0.4) is 0 Å². The van der Waals surface area contributed by atoms with Crippen LogP contribution < -0.4 is 9.47 Å². The second kappa shape index (κ2) is 11.2. The molecule has 32 heavy (non-hydrogen) atoms. The Labute approximate surface area is 192 Å². The molecule has 0 radical (unpaired) electrons. The predicted molar refractivity (Wildman–Crippen MR) is 138 cm³/mol. The standard InChI is InChI=1S/C30H36O2/c1-3-5-7-13-19-31-29-21-27-25-17-11-9-15-23(25)24-16-10-12-18-26(24)28(27)22-30(29)32-20-14-8-6-4-2/h9-12,15-18,21-22H,3-8,13-14,19-20H2,1-2H3. The first kappa shape index (κ1) is 22.5. The van der Waals surface area contributed by atoms with Gasteiger partial charge in [0, 0.05) is 0 Å². The second-order valence-corrected chi connectivity index (χ2v) is 8.75. The van der Waals surface area contributed by atoms with Crippen molar-refractivity contribution in [1.82, 2.24) is 0 Å². The van der Waals surface area contributed by atoms with Crippen LogP contribution >= 0.6 is 0 Å². The molecule has 0 aliphatic rings. The minimum Gasteiger partial charge on any atom is -0.490 e. The van der Waals surface area contributed by atoms with E-state index in [-0.39, 0.29) is 0 Å². The quantitative estimate of drug-likeness (QED) is 0.165. The zero-order valence-electron chi connectivity index (χ0n) is 19.7. The summed E-state index contributed by atoms with van der Waals surface area (Å²) >= 11 is 0. The maximum absolute atomic E-state index is 6.31. The van der Waals surface area contributed by atoms with Gasteiger partial charge < -0.3 is 9.47 Å². The van der Waals surface area contributed by atoms with Crippen LogP contribution in [0.5, 0.6) is 11.5 Å². The normalized spacial score (nSPS) is 11.4. The average Bonchev–Trinajstić information content (AvgIpc) is 2.84. The highest BCUT2D eigenvalue weighted by Crippen LogP contribution is 2.41. The van der Waals surface area contributed by atoms with Gasteiger partial charge in [0.15, 0.2) is 11.5 Å². The summed E-state index contributed by atoms with van der Waals surface area (Å²) in [5, 5.41) is 7.59. The monoisotopic (exact) mass is 428 g/mol. The van der Waals surface area contributed by atoms with Gasteiger partial charge in [-0.1, -0.05) is 101 Å². The fourth-order valence-electron chi connectivity index (χ4n) is 4.56. The Balaban J connectivity index is 1.75. The summed E-state index contributed by atoms with van der Waals surface area (Å²) in [7, 11) is 0. The molecular weight excluding hydrogens is 392 g/mol. The molecule has 0 saturated carbocycles. The molecule has 2 nitrogen and oxygen atoms in total. The predicted octanol–water partition coefficient (Wildman–Crippen LogP) is 9.06. The highest BCUT2D eigenvalue weighted by molar-refractivity contribution is 6.25. The lowest BCUT2D eigenvalue weighted by Gasteiger charge is -2.17. The summed E-state index contributed by atoms with van der Waals surface area (Å²) < 4.78 is 12.6. The van der Waals surface area contributed by atoms with E-state index in [1.807, 2.05) is 0 Å². The molecule has 2 heteroatoms. The molecule has 4 aromatic carbocycles. The highest BCUT2D eigenvalue weighted by atomic mass is 16.5. The summed E-state index contributed by atoms with van der Waals surface area (Å²) in [4.78, 5) is 0. The van der Waals surface area contributed by atoms with Crippen molar-refractivity contribution in [2.24, 2.45) is 0 Å². The lowest BCUT2D eigenvalue weighted by atomic mass is 9.94. The molecule has 0 heterocycles. The van der Waals surface area contributed by atoms with Gasteiger partial charge in [-0.25, -0.2) is 0 Å². The van der Waals surface area contributed by atoms with Crippen molar-refractivity contribution < 1.29 is 9.47 Å². The summed E-state index contributed by atoms with van der Waals surface area (Å²) in [6, 6.07) is 21.8. The number of hydrogen-bond acceptors (Lipinski definition) is 2. The van der Waals surface area contributed by atoms with Crippen LogP contribution in [-0.4, -0.2) is 13.2 Å². The molecule has 0 bridgehead atoms. The Morgan fingerprint density at radius 3 is 1.22 bits per heavy atom. The first-order chi connectivity index (χ1) is 15.8. The van der Waals surface area contributed by atoms with Gasteiger partial charge in [0.25, 0.3) is 0 Å². The largest absolute Gasteiger partial charge is 0.490 e. The van der Waals surface area contributed by atoms with Gasteiger partial charge in [0.05, 0.1) is 13.2 Å². The molecule has 0 aliphatic heterocycles. The third-order valence-electron chi connectivity index (χ3n) is 6.32. The van der Waals surface area contributed by atoms with E-state index in [0.29, 0.717) is 0 Å². The van der Waals surface area contributed by atoms with E-state index in [1.54, 1.807) is 0 Å². The molecule has 4 aromatic rings. The van der Waals surface area contributed by atoms with Gasteiger partial charge in [0.2, 0.25) is 0 Å². The van der Waals surface area contributed by atoms with E-state index in [2.05, 4.69) is 74.5 Å². The van der Waals surface area contributed by atoms with Crippen molar-refractivity contribution in [3.05, 3.63) is 60.7 Å². The highest BCUT2D eigenvalue weighted by Gasteiger charge is 2.14. The summed E-state index contributed by atoms with van der Waals surface area (Å²) in [6.45, 7) is 5.96. The molecule has 168 valence electrons. The van der Waals surface area contributed by atoms with Crippen molar-refractivity contribution in [2.45, 2.75) is 65.2 Å². The molecule has 0 atom stereocenters. The zero-order chi connectivity index (χ0) is 22.2. The van der Waals surface area contributed by atoms with Crippen molar-refractivity contribution in [2.75, 3.05) is 13.2 Å². The number of hydrogen-bond donors (Lipinski definition) is 0. The molecule has 4 rings (SSSR count). The number of rotatable bonds is 12. The molecule has 0 N–H and O–H groups in total. The van der Waals surface area contributed by atoms with Gasteiger partial charge >= 0.3 is 0 Å². The number of ether oxygens (including phenoxy) is 2. The average molecular weight is 429 g/mol. The number of unbranched alkanes of at least 4 members (excludes halogenated alkanes) is 6. The van der Waals surface area contributed by atoms with E-state index >= 15 is 0 Å². The molecule has 0 spiro atoms. The second-order valence-electron chi connectivity index (χ2n) is 8.75. The lowest BCUT2D eigenvalue weighted by Crippen LogP contribution is -2.03. The van der Waals surface area contributed by atoms with Crippen LogP contribution in [0.15, 0.2) is 60.7 Å². The van der Waals surface area contributed by atoms with Crippen LogP contribution in [-0.2, 0) is 0 Å². The number of fused-ring (bicyclic) bond motifs is 6. The van der Waals surface area contributed by atoms with Crippen LogP contribution in [0.4, 0.5) is 0 Å². The maximum atomic E-state index is 6.31. The zero-order valence-corrected chi connectivity index (χ0v) is 19.7. The summed E-state index contributed by atoms with van der Waals surface area (Å²) in [6.07, 6.45) is 9.59. The molecule has 0 aromatic heterocycles. The third kappa shape index (κ3) is 5.01. The fraction of sp³-hybridized carbons (Fsp3) is 0.400. The fourth-order valence-corrected chi connectivity index (χ4v) is 4.56. The van der Waals surface area contributed by atoms with Crippen LogP contribution in [0.25, 0.3) is 32.3 Å². The van der Waals surface area contributed by atoms with E-state index in [0.717, 1.165) is 37.6 Å². The summed E-state index contributed by atoms with van der Waals surface area (Å²) in [5.74, 6) is 1.76. The molecule has 0 amide bonds. The van der Waals surface area contributed by atoms with E-state index in [9.17, 15) is 0 Å². The first-order valence-electron chi connectivity index (χ1n) is 12.5. The maximum Gasteiger partial charge on any atom is 0.161 e. The van der Waals surface area contributed by atoms with E-state index in [4.69, 9.17) is 9.47 Å². The molecular formula is C30H36O2. The van der Waals surface area contributed by atoms with Crippen molar-refractivity contribution in [3.8, 4) is 11.5 Å². The van der Waals surface area contributed by atoms with Gasteiger partial charge in [-0.15, -0.1) is 0 Å². The van der Waals surface area contributed by atoms with Gasteiger partial charge in [-0.2, -0.15) is 0 Å². The van der Waals surface area contributed by atoms with Crippen molar-refractivity contribution in [3.63, 3.8) is 0 Å². The minimum absolute atomic E-state index is 0.739. The first-order valence-corrected chi connectivity index (χ1v) is 12.5. The molecule has 0 unspecified atom stereocenters. The molecule has 0 aliphatic carbocycles. The summed E-state index contributed by atoms with van der Waals surface area (Å²) in [5.41, 5.74) is 0. The smallest absolute Gasteiger partial charge is 0.161 e. The minimum atomic E-state index is 0.739. The van der Waals surface area contributed by atoms with E-state index in [1.165, 1.54) is 70.8 Å². The van der Waals surface area contributed by atoms with Crippen molar-refractivity contribution in [1.29, 1.82) is 0 Å². The lowest BCUT2D eigenvalue weighted by molar-refractivity contribution is 0.259. The SMILES string of the molecule is CCCCCCOc1cc2c3ccccc3c3ccccc3c2cc1OCCCCCC. The van der Waals surface area contributed by atoms with Crippen molar-refractivity contribution >= 4 is 32.3 Å². The van der Waals surface area contributed by atoms with Crippen LogP contribution in [0, 0.1) is 0 Å². The Morgan fingerprint density at radius 1 is 0.469 bits per heavy atom. The Bertz CT molecular complexity index is 1070. The van der Waals surface area contributed by atoms with Gasteiger partial charge in [-0.3, -0.25) is 0 Å². The van der Waals surface area contributed by atoms with Gasteiger partial charge in [-0.05, 0) is 57.3 Å². The van der Waals surface area contributed by atoms with Crippen LogP contribution in [0.2, 0.25) is 0 Å². The Morgan fingerprint density at radius 2 is 0.844 bits per heavy atom. The van der Waals surface area contributed by atoms with Gasteiger partial charge in [0.1, 0.15) is 0 Å². The molecule has 0 fully saturated rings. The van der Waals surface area contributed by atoms with Crippen LogP contribution in [0.1, 0.15) is 65.2 Å². The van der Waals surface area contributed by atoms with E-state index < -0.39 is 0 Å². The Kier molecular flexibility index (Phi) is 7.87. The number of benzene rings is 4. The Hall–Kier alpha value is -2.74. The third-order valence-corrected chi connectivity index (χ3v) is 6.32. The molecule has 0 saturated heterocycles.